The molecule has 3 aliphatic rings. The molecule has 5 atom stereocenters. The Morgan fingerprint density at radius 1 is 1.56 bits per heavy atom. The highest BCUT2D eigenvalue weighted by Crippen LogP contribution is 2.58. The average molecular weight is 220 g/mol. The van der Waals surface area contributed by atoms with Gasteiger partial charge in [-0.15, -0.1) is 6.58 Å². The first-order valence-corrected chi connectivity index (χ1v) is 5.83. The average Bonchev–Trinajstić information content (AvgIpc) is 2.80. The molecule has 3 nitrogen and oxygen atoms in total. The third-order valence-corrected chi connectivity index (χ3v) is 4.51. The highest BCUT2D eigenvalue weighted by Gasteiger charge is 2.61. The van der Waals surface area contributed by atoms with Crippen LogP contribution in [0.3, 0.4) is 0 Å². The van der Waals surface area contributed by atoms with Crippen LogP contribution in [0.4, 0.5) is 0 Å². The van der Waals surface area contributed by atoms with Gasteiger partial charge in [0.25, 0.3) is 0 Å². The lowest BCUT2D eigenvalue weighted by molar-refractivity contribution is -0.143. The van der Waals surface area contributed by atoms with Gasteiger partial charge in [-0.3, -0.25) is 4.79 Å². The van der Waals surface area contributed by atoms with Gasteiger partial charge in [0.1, 0.15) is 0 Å². The Balaban J connectivity index is 2.03. The molecule has 1 N–H and O–H groups in total. The fraction of sp³-hybridized carbons (Fsp3) is 0.615. The van der Waals surface area contributed by atoms with Crippen molar-refractivity contribution < 1.29 is 14.6 Å². The Labute approximate surface area is 94.8 Å². The van der Waals surface area contributed by atoms with Gasteiger partial charge in [-0.25, -0.2) is 0 Å². The van der Waals surface area contributed by atoms with Crippen LogP contribution in [0.15, 0.2) is 24.8 Å². The van der Waals surface area contributed by atoms with E-state index in [9.17, 15) is 9.90 Å². The van der Waals surface area contributed by atoms with E-state index in [4.69, 9.17) is 4.74 Å². The van der Waals surface area contributed by atoms with E-state index in [2.05, 4.69) is 12.7 Å². The summed E-state index contributed by atoms with van der Waals surface area (Å²) in [6.07, 6.45) is 7.05. The van der Waals surface area contributed by atoms with Gasteiger partial charge >= 0.3 is 5.97 Å². The normalized spacial score (nSPS) is 49.7. The van der Waals surface area contributed by atoms with Crippen LogP contribution in [0.5, 0.6) is 0 Å². The molecule has 86 valence electrons. The Hall–Kier alpha value is -1.09. The van der Waals surface area contributed by atoms with Crippen molar-refractivity contribution in [3.8, 4) is 0 Å². The molecule has 0 radical (unpaired) electrons. The smallest absolute Gasteiger partial charge is 0.312 e. The van der Waals surface area contributed by atoms with Crippen molar-refractivity contribution in [3.05, 3.63) is 24.8 Å². The minimum atomic E-state index is -0.671. The summed E-state index contributed by atoms with van der Waals surface area (Å²) in [5.74, 6) is 0.214. The molecule has 1 heterocycles. The standard InChI is InChI=1S/C13H16O3/c1-2-8-5-9-3-4-10(14)11-12(15)16-7-13(9,11)6-8/h2-4,8-11,14H,1,5-7H2/t8-,9+,10+,11+,13+/m1/s1. The van der Waals surface area contributed by atoms with E-state index < -0.39 is 6.10 Å². The van der Waals surface area contributed by atoms with E-state index >= 15 is 0 Å². The minimum Gasteiger partial charge on any atom is -0.465 e. The number of rotatable bonds is 1. The van der Waals surface area contributed by atoms with Gasteiger partial charge in [-0.1, -0.05) is 18.2 Å². The van der Waals surface area contributed by atoms with Crippen LogP contribution in [-0.4, -0.2) is 23.8 Å². The second-order valence-electron chi connectivity index (χ2n) is 5.24. The van der Waals surface area contributed by atoms with Crippen LogP contribution in [-0.2, 0) is 9.53 Å². The Kier molecular flexibility index (Phi) is 2.02. The fourth-order valence-corrected chi connectivity index (χ4v) is 3.72. The zero-order chi connectivity index (χ0) is 11.3. The maximum absolute atomic E-state index is 11.7. The maximum atomic E-state index is 11.7. The summed E-state index contributed by atoms with van der Waals surface area (Å²) >= 11 is 0. The molecule has 2 fully saturated rings. The molecule has 0 unspecified atom stereocenters. The van der Waals surface area contributed by atoms with Crippen LogP contribution < -0.4 is 0 Å². The Morgan fingerprint density at radius 2 is 2.38 bits per heavy atom. The monoisotopic (exact) mass is 220 g/mol. The molecule has 1 saturated carbocycles. The first kappa shape index (κ1) is 10.1. The molecule has 1 spiro atoms. The molecule has 2 aliphatic carbocycles. The van der Waals surface area contributed by atoms with Gasteiger partial charge in [0.15, 0.2) is 0 Å². The van der Waals surface area contributed by atoms with E-state index in [-0.39, 0.29) is 17.3 Å². The summed E-state index contributed by atoms with van der Waals surface area (Å²) in [6, 6.07) is 0. The van der Waals surface area contributed by atoms with Crippen molar-refractivity contribution in [2.24, 2.45) is 23.2 Å². The second kappa shape index (κ2) is 3.20. The SMILES string of the molecule is C=C[C@@H]1C[C@@H]2C=C[C@H](O)[C@H]3C(=O)OC[C@]32C1. The molecule has 3 heteroatoms. The lowest BCUT2D eigenvalue weighted by Crippen LogP contribution is -2.43. The third-order valence-electron chi connectivity index (χ3n) is 4.51. The van der Waals surface area contributed by atoms with Crippen molar-refractivity contribution in [1.82, 2.24) is 0 Å². The van der Waals surface area contributed by atoms with Crippen molar-refractivity contribution in [3.63, 3.8) is 0 Å². The molecule has 0 bridgehead atoms. The first-order valence-electron chi connectivity index (χ1n) is 5.83. The van der Waals surface area contributed by atoms with E-state index in [1.165, 1.54) is 0 Å². The molecule has 3 rings (SSSR count). The topological polar surface area (TPSA) is 46.5 Å². The molecule has 16 heavy (non-hydrogen) atoms. The molecule has 1 aliphatic heterocycles. The van der Waals surface area contributed by atoms with E-state index in [0.29, 0.717) is 18.4 Å². The summed E-state index contributed by atoms with van der Waals surface area (Å²) in [5, 5.41) is 9.94. The summed E-state index contributed by atoms with van der Waals surface area (Å²) in [6.45, 7) is 4.30. The van der Waals surface area contributed by atoms with Gasteiger partial charge in [0.05, 0.1) is 18.6 Å². The van der Waals surface area contributed by atoms with Gasteiger partial charge in [0, 0.05) is 5.41 Å². The molecular formula is C13H16O3. The summed E-state index contributed by atoms with van der Waals surface area (Å²) < 4.78 is 5.19. The van der Waals surface area contributed by atoms with E-state index in [0.717, 1.165) is 12.8 Å². The molecule has 0 aromatic rings. The van der Waals surface area contributed by atoms with Crippen LogP contribution >= 0.6 is 0 Å². The van der Waals surface area contributed by atoms with Crippen molar-refractivity contribution in [2.75, 3.05) is 6.61 Å². The van der Waals surface area contributed by atoms with Gasteiger partial charge in [-0.2, -0.15) is 0 Å². The maximum Gasteiger partial charge on any atom is 0.312 e. The number of esters is 1. The second-order valence-corrected chi connectivity index (χ2v) is 5.24. The number of aliphatic hydroxyl groups is 1. The lowest BCUT2D eigenvalue weighted by Gasteiger charge is -2.37. The van der Waals surface area contributed by atoms with E-state index in [1.54, 1.807) is 6.08 Å². The number of ether oxygens (including phenoxy) is 1. The number of cyclic esters (lactones) is 1. The van der Waals surface area contributed by atoms with Crippen LogP contribution in [0.2, 0.25) is 0 Å². The summed E-state index contributed by atoms with van der Waals surface area (Å²) in [5.41, 5.74) is -0.163. The number of carbonyl (C=O) groups excluding carboxylic acids is 1. The zero-order valence-corrected chi connectivity index (χ0v) is 9.13. The highest BCUT2D eigenvalue weighted by molar-refractivity contribution is 5.77. The molecule has 1 saturated heterocycles. The molecule has 0 amide bonds. The van der Waals surface area contributed by atoms with Crippen molar-refractivity contribution in [1.29, 1.82) is 0 Å². The van der Waals surface area contributed by atoms with Gasteiger partial charge in [0.2, 0.25) is 0 Å². The van der Waals surface area contributed by atoms with Crippen LogP contribution in [0.1, 0.15) is 12.8 Å². The number of hydrogen-bond acceptors (Lipinski definition) is 3. The number of allylic oxidation sites excluding steroid dienone is 2. The predicted octanol–water partition coefficient (Wildman–Crippen LogP) is 1.29. The molecule has 0 aromatic carbocycles. The minimum absolute atomic E-state index is 0.163. The molecular weight excluding hydrogens is 204 g/mol. The summed E-state index contributed by atoms with van der Waals surface area (Å²) in [7, 11) is 0. The van der Waals surface area contributed by atoms with Crippen LogP contribution in [0, 0.1) is 23.2 Å². The zero-order valence-electron chi connectivity index (χ0n) is 9.13. The number of hydrogen-bond donors (Lipinski definition) is 1. The predicted molar refractivity (Wildman–Crippen MR) is 58.4 cm³/mol. The first-order chi connectivity index (χ1) is 7.67. The fourth-order valence-electron chi connectivity index (χ4n) is 3.72. The Bertz CT molecular complexity index is 373. The highest BCUT2D eigenvalue weighted by atomic mass is 16.5. The van der Waals surface area contributed by atoms with E-state index in [1.807, 2.05) is 6.08 Å². The molecule has 0 aromatic heterocycles. The number of aliphatic hydroxyl groups excluding tert-OH is 1. The van der Waals surface area contributed by atoms with Crippen LogP contribution in [0.25, 0.3) is 0 Å². The number of carbonyl (C=O) groups is 1. The lowest BCUT2D eigenvalue weighted by atomic mass is 9.65. The Morgan fingerprint density at radius 3 is 3.12 bits per heavy atom. The third kappa shape index (κ3) is 1.09. The quantitative estimate of drug-likeness (QED) is 0.535. The van der Waals surface area contributed by atoms with Crippen molar-refractivity contribution >= 4 is 5.97 Å². The van der Waals surface area contributed by atoms with Gasteiger partial charge in [-0.05, 0) is 24.7 Å². The largest absolute Gasteiger partial charge is 0.465 e. The summed E-state index contributed by atoms with van der Waals surface area (Å²) in [4.78, 5) is 11.7. The van der Waals surface area contributed by atoms with Crippen molar-refractivity contribution in [2.45, 2.75) is 18.9 Å². The van der Waals surface area contributed by atoms with Gasteiger partial charge < -0.3 is 9.84 Å².